The van der Waals surface area contributed by atoms with Gasteiger partial charge in [0.1, 0.15) is 30.3 Å². The van der Waals surface area contributed by atoms with E-state index in [2.05, 4.69) is 26.0 Å². The fourth-order valence-electron chi connectivity index (χ4n) is 8.69. The number of nitrogens with one attached hydrogen (secondary N) is 5. The third-order valence-corrected chi connectivity index (χ3v) is 14.9. The van der Waals surface area contributed by atoms with E-state index in [-0.39, 0.29) is 115 Å². The molecule has 1 aromatic rings. The van der Waals surface area contributed by atoms with E-state index in [4.69, 9.17) is 20.3 Å². The number of aryl methyl sites for hydroxylation is 1. The number of unbranched alkanes of at least 4 members (excludes halogenated alkanes) is 14. The first-order valence-corrected chi connectivity index (χ1v) is 31.1. The maximum absolute atomic E-state index is 12.6. The molecule has 0 spiro atoms. The third kappa shape index (κ3) is 42.2. The number of Topliss-reactive ketones (excluding diaryl/α,β-unsaturated/α-hetero) is 2. The Labute approximate surface area is 489 Å². The molecule has 0 aromatic heterocycles. The summed E-state index contributed by atoms with van der Waals surface area (Å²) >= 11 is 0. The highest BCUT2D eigenvalue weighted by atomic mass is 32.2. The number of hydrogen-bond donors (Lipinski definition) is 9. The molecule has 0 saturated heterocycles. The molecule has 1 aromatic carbocycles. The van der Waals surface area contributed by atoms with E-state index in [1.165, 1.54) is 25.7 Å². The number of carbonyl (C=O) groups excluding carboxylic acids is 8. The predicted octanol–water partition coefficient (Wildman–Crippen LogP) is 5.49. The maximum atomic E-state index is 12.6. The number of nitrogens with two attached hydrogens (primary N) is 1. The first-order chi connectivity index (χ1) is 39.6. The Morgan fingerprint density at radius 2 is 1.05 bits per heavy atom. The van der Waals surface area contributed by atoms with Crippen LogP contribution in [0.1, 0.15) is 209 Å². The van der Waals surface area contributed by atoms with Gasteiger partial charge in [0.25, 0.3) is 5.91 Å². The van der Waals surface area contributed by atoms with Crippen molar-refractivity contribution >= 4 is 74.9 Å². The summed E-state index contributed by atoms with van der Waals surface area (Å²) in [5.74, 6) is -9.15. The van der Waals surface area contributed by atoms with E-state index in [1.54, 1.807) is 12.1 Å². The lowest BCUT2D eigenvalue weighted by atomic mass is 9.95. The minimum atomic E-state index is -3.93. The standard InChI is InChI=1S/C58H94N6O18S/c1-43-27-29-44(30-28-43)56(74)61-35-17-16-23-48(55(59)73)62-53(70)42-82-39-38-81-37-19-22-46(65)32-33-49(58(77)78)63-51(68)34-31-45(57(75)76)41-47(66)21-18-36-60-50(67)25-20-40-83(79,80)64-52(69)24-14-12-10-8-6-4-2-3-5-7-9-11-13-15-26-54(71)72/h27-30,45,48-49H,2-26,31-42H2,1H3,(H2,59,73)(H,60,67)(H,61,74)(H,62,70)(H,63,68)(H,64,69)(H,71,72)(H,75,76)(H,77,78). The van der Waals surface area contributed by atoms with Crippen LogP contribution in [0.5, 0.6) is 0 Å². The highest BCUT2D eigenvalue weighted by Crippen LogP contribution is 2.17. The van der Waals surface area contributed by atoms with Crippen molar-refractivity contribution in [3.63, 3.8) is 0 Å². The lowest BCUT2D eigenvalue weighted by Crippen LogP contribution is -2.45. The predicted molar refractivity (Wildman–Crippen MR) is 308 cm³/mol. The molecule has 10 N–H and O–H groups in total. The zero-order valence-electron chi connectivity index (χ0n) is 48.7. The van der Waals surface area contributed by atoms with Gasteiger partial charge in [-0.25, -0.2) is 13.2 Å². The first kappa shape index (κ1) is 74.7. The van der Waals surface area contributed by atoms with Crippen molar-refractivity contribution in [3.8, 4) is 0 Å². The van der Waals surface area contributed by atoms with Gasteiger partial charge >= 0.3 is 17.9 Å². The molecule has 0 radical (unpaired) electrons. The molecule has 0 aliphatic heterocycles. The summed E-state index contributed by atoms with van der Waals surface area (Å²) in [5, 5.41) is 38.2. The largest absolute Gasteiger partial charge is 0.481 e. The molecule has 24 nitrogen and oxygen atoms in total. The second kappa shape index (κ2) is 46.1. The summed E-state index contributed by atoms with van der Waals surface area (Å²) in [4.78, 5) is 133. The molecule has 1 rings (SSSR count). The first-order valence-electron chi connectivity index (χ1n) is 29.5. The smallest absolute Gasteiger partial charge is 0.326 e. The van der Waals surface area contributed by atoms with Crippen LogP contribution in [0.15, 0.2) is 24.3 Å². The van der Waals surface area contributed by atoms with Gasteiger partial charge in [-0.05, 0) is 83.3 Å². The molecule has 0 bridgehead atoms. The van der Waals surface area contributed by atoms with E-state index >= 15 is 0 Å². The van der Waals surface area contributed by atoms with Gasteiger partial charge in [-0.3, -0.25) is 52.7 Å². The minimum absolute atomic E-state index is 0.0360. The Morgan fingerprint density at radius 3 is 1.64 bits per heavy atom. The molecule has 3 unspecified atom stereocenters. The fourth-order valence-corrected chi connectivity index (χ4v) is 9.77. The van der Waals surface area contributed by atoms with Crippen molar-refractivity contribution in [1.29, 1.82) is 0 Å². The van der Waals surface area contributed by atoms with Gasteiger partial charge < -0.3 is 51.8 Å². The van der Waals surface area contributed by atoms with Crippen molar-refractivity contribution in [2.24, 2.45) is 11.7 Å². The summed E-state index contributed by atoms with van der Waals surface area (Å²) in [6.45, 7) is 2.30. The van der Waals surface area contributed by atoms with Crippen LogP contribution in [0.4, 0.5) is 0 Å². The molecule has 25 heteroatoms. The zero-order chi connectivity index (χ0) is 61.7. The number of hydrogen-bond acceptors (Lipinski definition) is 15. The van der Waals surface area contributed by atoms with E-state index in [0.29, 0.717) is 37.8 Å². The molecule has 6 amide bonds. The number of rotatable bonds is 54. The van der Waals surface area contributed by atoms with E-state index in [1.807, 2.05) is 19.1 Å². The summed E-state index contributed by atoms with van der Waals surface area (Å²) in [6, 6.07) is 4.80. The van der Waals surface area contributed by atoms with Crippen LogP contribution >= 0.6 is 0 Å². The molecule has 0 saturated carbocycles. The van der Waals surface area contributed by atoms with Gasteiger partial charge in [0.05, 0.1) is 24.9 Å². The van der Waals surface area contributed by atoms with Gasteiger partial charge in [0.15, 0.2) is 0 Å². The van der Waals surface area contributed by atoms with Crippen LogP contribution in [-0.4, -0.2) is 146 Å². The summed E-state index contributed by atoms with van der Waals surface area (Å²) < 4.78 is 37.6. The van der Waals surface area contributed by atoms with Crippen molar-refractivity contribution in [1.82, 2.24) is 26.0 Å². The van der Waals surface area contributed by atoms with Crippen LogP contribution in [-0.2, 0) is 67.4 Å². The molecular weight excluding hydrogens is 1100 g/mol. The highest BCUT2D eigenvalue weighted by Gasteiger charge is 2.26. The van der Waals surface area contributed by atoms with Crippen molar-refractivity contribution in [3.05, 3.63) is 35.4 Å². The van der Waals surface area contributed by atoms with Crippen LogP contribution in [0.3, 0.4) is 0 Å². The van der Waals surface area contributed by atoms with Crippen LogP contribution in [0.25, 0.3) is 0 Å². The van der Waals surface area contributed by atoms with Crippen LogP contribution in [0, 0.1) is 12.8 Å². The maximum Gasteiger partial charge on any atom is 0.326 e. The highest BCUT2D eigenvalue weighted by molar-refractivity contribution is 7.90. The molecular formula is C58H94N6O18S. The Hall–Kier alpha value is -6.34. The number of aliphatic carboxylic acids is 3. The number of ether oxygens (including phenoxy) is 2. The Kier molecular flexibility index (Phi) is 41.5. The van der Waals surface area contributed by atoms with E-state index < -0.39 is 99.8 Å². The average Bonchev–Trinajstić information content (AvgIpc) is 3.43. The SMILES string of the molecule is Cc1ccc(C(=O)NCCCCC(NC(=O)COCCOCCCC(=O)CCC(NC(=O)CCC(CC(=O)CCCNC(=O)CCCS(=O)(=O)NC(=O)CCCCCCCCCCCCCCCCC(=O)O)C(=O)O)C(=O)O)C(N)=O)cc1. The molecule has 0 heterocycles. The lowest BCUT2D eigenvalue weighted by molar-refractivity contribution is -0.145. The number of amides is 6. The number of carboxylic acid groups (broad SMARTS) is 3. The molecule has 3 atom stereocenters. The van der Waals surface area contributed by atoms with Crippen LogP contribution in [0.2, 0.25) is 0 Å². The van der Waals surface area contributed by atoms with Crippen molar-refractivity contribution in [2.45, 2.75) is 212 Å². The summed E-state index contributed by atoms with van der Waals surface area (Å²) in [5.41, 5.74) is 7.02. The third-order valence-electron chi connectivity index (χ3n) is 13.5. The monoisotopic (exact) mass is 1190 g/mol. The molecule has 0 aliphatic rings. The Bertz CT molecular complexity index is 2260. The molecule has 0 aliphatic carbocycles. The fraction of sp³-hybridized carbons (Fsp3) is 0.707. The number of primary amides is 1. The van der Waals surface area contributed by atoms with Crippen molar-refractivity contribution < 1.29 is 86.0 Å². The number of sulfonamides is 1. The number of benzene rings is 1. The van der Waals surface area contributed by atoms with Crippen molar-refractivity contribution in [2.75, 3.05) is 45.3 Å². The second-order valence-corrected chi connectivity index (χ2v) is 22.8. The minimum Gasteiger partial charge on any atom is -0.481 e. The van der Waals surface area contributed by atoms with E-state index in [0.717, 1.165) is 63.4 Å². The summed E-state index contributed by atoms with van der Waals surface area (Å²) in [7, 11) is -3.93. The van der Waals surface area contributed by atoms with E-state index in [9.17, 15) is 71.4 Å². The van der Waals surface area contributed by atoms with Gasteiger partial charge in [-0.15, -0.1) is 0 Å². The summed E-state index contributed by atoms with van der Waals surface area (Å²) in [6.07, 6.45) is 14.8. The quantitative estimate of drug-likeness (QED) is 0.0364. The lowest BCUT2D eigenvalue weighted by Gasteiger charge is -2.16. The van der Waals surface area contributed by atoms with Gasteiger partial charge in [0, 0.05) is 76.6 Å². The molecule has 0 fully saturated rings. The number of ketones is 2. The van der Waals surface area contributed by atoms with Gasteiger partial charge in [0.2, 0.25) is 39.6 Å². The second-order valence-electron chi connectivity index (χ2n) is 21.0. The van der Waals surface area contributed by atoms with Gasteiger partial charge in [-0.2, -0.15) is 0 Å². The zero-order valence-corrected chi connectivity index (χ0v) is 49.5. The topological polar surface area (TPSA) is 387 Å². The van der Waals surface area contributed by atoms with Crippen LogP contribution < -0.4 is 31.7 Å². The number of carboxylic acids is 3. The number of carbonyl (C=O) groups is 11. The molecule has 83 heavy (non-hydrogen) atoms. The Morgan fingerprint density at radius 1 is 0.494 bits per heavy atom. The normalized spacial score (nSPS) is 12.3. The van der Waals surface area contributed by atoms with Gasteiger partial charge in [-0.1, -0.05) is 94.7 Å². The Balaban J connectivity index is 2.17. The average molecular weight is 1200 g/mol. The molecule has 470 valence electrons.